The zero-order chi connectivity index (χ0) is 11.3. The van der Waals surface area contributed by atoms with Crippen LogP contribution in [0.1, 0.15) is 12.0 Å². The lowest BCUT2D eigenvalue weighted by atomic mass is 10.3. The van der Waals surface area contributed by atoms with E-state index in [-0.39, 0.29) is 5.75 Å². The summed E-state index contributed by atoms with van der Waals surface area (Å²) in [5, 5.41) is 15.4. The van der Waals surface area contributed by atoms with E-state index >= 15 is 0 Å². The van der Waals surface area contributed by atoms with E-state index < -0.39 is 10.0 Å². The van der Waals surface area contributed by atoms with Crippen molar-refractivity contribution in [3.05, 3.63) is 17.8 Å². The van der Waals surface area contributed by atoms with Crippen molar-refractivity contribution in [3.63, 3.8) is 0 Å². The SMILES string of the molecule is Cc1cnnc(NCCCS(N)(=O)=O)c1. The highest BCUT2D eigenvalue weighted by Crippen LogP contribution is 2.02. The molecule has 6 nitrogen and oxygen atoms in total. The molecule has 0 saturated heterocycles. The number of rotatable bonds is 5. The Morgan fingerprint density at radius 3 is 2.87 bits per heavy atom. The first-order chi connectivity index (χ1) is 6.97. The van der Waals surface area contributed by atoms with Crippen molar-refractivity contribution < 1.29 is 8.42 Å². The number of anilines is 1. The van der Waals surface area contributed by atoms with Crippen LogP contribution in [0.3, 0.4) is 0 Å². The molecular formula is C8H14N4O2S. The van der Waals surface area contributed by atoms with Crippen LogP contribution in [0.5, 0.6) is 0 Å². The summed E-state index contributed by atoms with van der Waals surface area (Å²) < 4.78 is 21.2. The predicted molar refractivity (Wildman–Crippen MR) is 57.8 cm³/mol. The summed E-state index contributed by atoms with van der Waals surface area (Å²) in [6, 6.07) is 1.84. The van der Waals surface area contributed by atoms with Gasteiger partial charge in [0.05, 0.1) is 11.9 Å². The van der Waals surface area contributed by atoms with Gasteiger partial charge in [0.15, 0.2) is 0 Å². The third kappa shape index (κ3) is 5.28. The van der Waals surface area contributed by atoms with Crippen molar-refractivity contribution in [1.82, 2.24) is 10.2 Å². The summed E-state index contributed by atoms with van der Waals surface area (Å²) in [6.07, 6.45) is 2.10. The highest BCUT2D eigenvalue weighted by Gasteiger charge is 2.01. The number of hydrogen-bond acceptors (Lipinski definition) is 5. The molecule has 0 aliphatic rings. The first-order valence-corrected chi connectivity index (χ1v) is 6.22. The van der Waals surface area contributed by atoms with Gasteiger partial charge in [0, 0.05) is 6.54 Å². The van der Waals surface area contributed by atoms with Gasteiger partial charge in [0.1, 0.15) is 5.82 Å². The van der Waals surface area contributed by atoms with Crippen LogP contribution >= 0.6 is 0 Å². The molecule has 0 amide bonds. The van der Waals surface area contributed by atoms with Gasteiger partial charge in [-0.2, -0.15) is 5.10 Å². The Bertz CT molecular complexity index is 418. The van der Waals surface area contributed by atoms with Crippen molar-refractivity contribution in [3.8, 4) is 0 Å². The second-order valence-corrected chi connectivity index (χ2v) is 5.00. The van der Waals surface area contributed by atoms with Crippen molar-refractivity contribution >= 4 is 15.8 Å². The molecule has 0 aliphatic carbocycles. The number of nitrogens with zero attached hydrogens (tertiary/aromatic N) is 2. The Morgan fingerprint density at radius 2 is 2.27 bits per heavy atom. The fraction of sp³-hybridized carbons (Fsp3) is 0.500. The van der Waals surface area contributed by atoms with Gasteiger partial charge in [-0.15, -0.1) is 5.10 Å². The Labute approximate surface area is 88.9 Å². The smallest absolute Gasteiger partial charge is 0.209 e. The lowest BCUT2D eigenvalue weighted by Gasteiger charge is -2.04. The molecule has 0 radical (unpaired) electrons. The van der Waals surface area contributed by atoms with Crippen LogP contribution in [0, 0.1) is 6.92 Å². The van der Waals surface area contributed by atoms with Crippen LogP contribution in [0.4, 0.5) is 5.82 Å². The van der Waals surface area contributed by atoms with Gasteiger partial charge in [0.2, 0.25) is 10.0 Å². The second kappa shape index (κ2) is 5.04. The zero-order valence-electron chi connectivity index (χ0n) is 8.47. The summed E-state index contributed by atoms with van der Waals surface area (Å²) in [7, 11) is -3.36. The van der Waals surface area contributed by atoms with Gasteiger partial charge >= 0.3 is 0 Å². The Hall–Kier alpha value is -1.21. The molecule has 1 aromatic heterocycles. The monoisotopic (exact) mass is 230 g/mol. The molecule has 3 N–H and O–H groups in total. The first kappa shape index (κ1) is 11.9. The maximum atomic E-state index is 10.6. The summed E-state index contributed by atoms with van der Waals surface area (Å²) >= 11 is 0. The molecule has 0 spiro atoms. The molecule has 0 bridgehead atoms. The number of aryl methyl sites for hydroxylation is 1. The van der Waals surface area contributed by atoms with Crippen molar-refractivity contribution in [2.24, 2.45) is 5.14 Å². The number of nitrogens with one attached hydrogen (secondary N) is 1. The lowest BCUT2D eigenvalue weighted by molar-refractivity contribution is 0.595. The van der Waals surface area contributed by atoms with Gasteiger partial charge < -0.3 is 5.32 Å². The third-order valence-electron chi connectivity index (χ3n) is 1.70. The van der Waals surface area contributed by atoms with Crippen molar-refractivity contribution in [2.45, 2.75) is 13.3 Å². The normalized spacial score (nSPS) is 11.3. The quantitative estimate of drug-likeness (QED) is 0.687. The highest BCUT2D eigenvalue weighted by molar-refractivity contribution is 7.89. The van der Waals surface area contributed by atoms with E-state index in [2.05, 4.69) is 15.5 Å². The average molecular weight is 230 g/mol. The Morgan fingerprint density at radius 1 is 1.53 bits per heavy atom. The lowest BCUT2D eigenvalue weighted by Crippen LogP contribution is -2.18. The minimum absolute atomic E-state index is 0.0285. The van der Waals surface area contributed by atoms with E-state index in [1.54, 1.807) is 6.20 Å². The topological polar surface area (TPSA) is 98.0 Å². The molecule has 1 aromatic rings. The molecular weight excluding hydrogens is 216 g/mol. The minimum atomic E-state index is -3.36. The largest absolute Gasteiger partial charge is 0.369 e. The molecule has 0 aromatic carbocycles. The van der Waals surface area contributed by atoms with Crippen LogP contribution in [-0.2, 0) is 10.0 Å². The standard InChI is InChI=1S/C8H14N4O2S/c1-7-5-8(12-11-6-7)10-3-2-4-15(9,13)14/h5-6H,2-4H2,1H3,(H,10,12)(H2,9,13,14). The van der Waals surface area contributed by atoms with Crippen LogP contribution in [0.15, 0.2) is 12.3 Å². The fourth-order valence-corrected chi connectivity index (χ4v) is 1.59. The minimum Gasteiger partial charge on any atom is -0.369 e. The van der Waals surface area contributed by atoms with E-state index in [1.807, 2.05) is 13.0 Å². The molecule has 0 fully saturated rings. The molecule has 7 heteroatoms. The van der Waals surface area contributed by atoms with E-state index in [1.165, 1.54) is 0 Å². The number of primary sulfonamides is 1. The van der Waals surface area contributed by atoms with E-state index in [0.29, 0.717) is 18.8 Å². The number of aromatic nitrogens is 2. The third-order valence-corrected chi connectivity index (χ3v) is 2.56. The molecule has 15 heavy (non-hydrogen) atoms. The fourth-order valence-electron chi connectivity index (χ4n) is 1.04. The zero-order valence-corrected chi connectivity index (χ0v) is 9.29. The van der Waals surface area contributed by atoms with Gasteiger partial charge in [0.25, 0.3) is 0 Å². The maximum absolute atomic E-state index is 10.6. The molecule has 0 unspecified atom stereocenters. The van der Waals surface area contributed by atoms with Gasteiger partial charge in [-0.05, 0) is 25.0 Å². The Kier molecular flexibility index (Phi) is 3.98. The number of nitrogens with two attached hydrogens (primary N) is 1. The van der Waals surface area contributed by atoms with Crippen molar-refractivity contribution in [1.29, 1.82) is 0 Å². The highest BCUT2D eigenvalue weighted by atomic mass is 32.2. The predicted octanol–water partition coefficient (Wildman–Crippen LogP) is -0.124. The van der Waals surface area contributed by atoms with Gasteiger partial charge in [-0.25, -0.2) is 13.6 Å². The van der Waals surface area contributed by atoms with E-state index in [4.69, 9.17) is 5.14 Å². The van der Waals surface area contributed by atoms with E-state index in [0.717, 1.165) is 5.56 Å². The number of sulfonamides is 1. The van der Waals surface area contributed by atoms with Gasteiger partial charge in [-0.3, -0.25) is 0 Å². The van der Waals surface area contributed by atoms with E-state index in [9.17, 15) is 8.42 Å². The molecule has 0 atom stereocenters. The molecule has 1 rings (SSSR count). The molecule has 84 valence electrons. The number of hydrogen-bond donors (Lipinski definition) is 2. The van der Waals surface area contributed by atoms with Crippen molar-refractivity contribution in [2.75, 3.05) is 17.6 Å². The van der Waals surface area contributed by atoms with Crippen LogP contribution < -0.4 is 10.5 Å². The average Bonchev–Trinajstić information content (AvgIpc) is 2.11. The summed E-state index contributed by atoms with van der Waals surface area (Å²) in [5.41, 5.74) is 0.999. The summed E-state index contributed by atoms with van der Waals surface area (Å²) in [4.78, 5) is 0. The molecule has 1 heterocycles. The van der Waals surface area contributed by atoms with Crippen LogP contribution in [0.2, 0.25) is 0 Å². The first-order valence-electron chi connectivity index (χ1n) is 4.51. The molecule has 0 saturated carbocycles. The second-order valence-electron chi connectivity index (χ2n) is 3.27. The maximum Gasteiger partial charge on any atom is 0.209 e. The van der Waals surface area contributed by atoms with Gasteiger partial charge in [-0.1, -0.05) is 0 Å². The molecule has 0 aliphatic heterocycles. The Balaban J connectivity index is 2.32. The van der Waals surface area contributed by atoms with Crippen LogP contribution in [0.25, 0.3) is 0 Å². The van der Waals surface area contributed by atoms with Crippen LogP contribution in [-0.4, -0.2) is 30.9 Å². The summed E-state index contributed by atoms with van der Waals surface area (Å²) in [6.45, 7) is 2.42. The summed E-state index contributed by atoms with van der Waals surface area (Å²) in [5.74, 6) is 0.614.